The molecule has 0 aromatic carbocycles. The number of nitrogens with zero attached hydrogens (tertiary/aromatic N) is 5. The second kappa shape index (κ2) is 5.13. The number of aromatic nitrogens is 5. The van der Waals surface area contributed by atoms with Crippen molar-refractivity contribution in [3.8, 4) is 11.5 Å². The highest BCUT2D eigenvalue weighted by atomic mass is 79.9. The minimum Gasteiger partial charge on any atom is -0.318 e. The van der Waals surface area contributed by atoms with Gasteiger partial charge in [-0.1, -0.05) is 0 Å². The van der Waals surface area contributed by atoms with Crippen molar-refractivity contribution < 1.29 is 0 Å². The Kier molecular flexibility index (Phi) is 3.58. The molecule has 2 rings (SSSR count). The number of hydrogen-bond acceptors (Lipinski definition) is 5. The van der Waals surface area contributed by atoms with Gasteiger partial charge in [0.15, 0.2) is 0 Å². The summed E-state index contributed by atoms with van der Waals surface area (Å²) in [5, 5.41) is 14.6. The van der Waals surface area contributed by atoms with Gasteiger partial charge in [-0.2, -0.15) is 0 Å². The summed E-state index contributed by atoms with van der Waals surface area (Å²) in [5.74, 6) is 0.683. The number of hydrogen-bond donors (Lipinski definition) is 1. The fraction of sp³-hybridized carbons (Fsp3) is 0.333. The third kappa shape index (κ3) is 2.42. The highest BCUT2D eigenvalue weighted by Crippen LogP contribution is 2.15. The van der Waals surface area contributed by atoms with E-state index in [1.807, 2.05) is 19.2 Å². The Bertz CT molecular complexity index is 451. The van der Waals surface area contributed by atoms with Gasteiger partial charge in [0.05, 0.1) is 6.54 Å². The first-order chi connectivity index (χ1) is 7.81. The van der Waals surface area contributed by atoms with Gasteiger partial charge in [0.25, 0.3) is 0 Å². The van der Waals surface area contributed by atoms with E-state index in [4.69, 9.17) is 0 Å². The van der Waals surface area contributed by atoms with Crippen LogP contribution >= 0.6 is 15.9 Å². The maximum Gasteiger partial charge on any atom is 0.200 e. The first-order valence-corrected chi connectivity index (χ1v) is 5.63. The van der Waals surface area contributed by atoms with E-state index in [1.54, 1.807) is 10.9 Å². The molecular formula is C9H11BrN6. The van der Waals surface area contributed by atoms with Gasteiger partial charge in [-0.3, -0.25) is 4.98 Å². The van der Waals surface area contributed by atoms with Crippen LogP contribution in [0.3, 0.4) is 0 Å². The number of likely N-dealkylation sites (N-methyl/N-ethyl adjacent to an activating group) is 1. The van der Waals surface area contributed by atoms with Crippen molar-refractivity contribution in [1.29, 1.82) is 0 Å². The smallest absolute Gasteiger partial charge is 0.200 e. The number of pyridine rings is 1. The lowest BCUT2D eigenvalue weighted by Crippen LogP contribution is -2.16. The normalized spacial score (nSPS) is 10.6. The van der Waals surface area contributed by atoms with E-state index in [9.17, 15) is 0 Å². The zero-order valence-electron chi connectivity index (χ0n) is 8.76. The molecule has 0 bridgehead atoms. The molecule has 0 saturated carbocycles. The molecule has 2 heterocycles. The van der Waals surface area contributed by atoms with Gasteiger partial charge in [0, 0.05) is 17.2 Å². The highest BCUT2D eigenvalue weighted by Gasteiger charge is 2.09. The quantitative estimate of drug-likeness (QED) is 0.895. The summed E-state index contributed by atoms with van der Waals surface area (Å²) in [6.07, 6.45) is 1.73. The van der Waals surface area contributed by atoms with Gasteiger partial charge >= 0.3 is 0 Å². The van der Waals surface area contributed by atoms with Gasteiger partial charge in [-0.05, 0) is 45.5 Å². The molecule has 0 aliphatic heterocycles. The topological polar surface area (TPSA) is 68.5 Å². The summed E-state index contributed by atoms with van der Waals surface area (Å²) in [4.78, 5) is 4.26. The predicted octanol–water partition coefficient (Wildman–Crippen LogP) is 0.717. The van der Waals surface area contributed by atoms with E-state index in [2.05, 4.69) is 41.8 Å². The Morgan fingerprint density at radius 1 is 1.44 bits per heavy atom. The maximum absolute atomic E-state index is 4.26. The van der Waals surface area contributed by atoms with Gasteiger partial charge in [-0.25, -0.2) is 4.68 Å². The zero-order chi connectivity index (χ0) is 11.4. The zero-order valence-corrected chi connectivity index (χ0v) is 10.3. The summed E-state index contributed by atoms with van der Waals surface area (Å²) in [6.45, 7) is 1.53. The van der Waals surface area contributed by atoms with Crippen LogP contribution in [0.2, 0.25) is 0 Å². The Balaban J connectivity index is 2.26. The molecule has 0 spiro atoms. The van der Waals surface area contributed by atoms with E-state index in [1.165, 1.54) is 0 Å². The maximum atomic E-state index is 4.26. The van der Waals surface area contributed by atoms with Crippen molar-refractivity contribution in [3.63, 3.8) is 0 Å². The predicted molar refractivity (Wildman–Crippen MR) is 62.7 cm³/mol. The molecule has 0 fully saturated rings. The molecular weight excluding hydrogens is 272 g/mol. The Hall–Kier alpha value is -1.34. The highest BCUT2D eigenvalue weighted by molar-refractivity contribution is 9.10. The van der Waals surface area contributed by atoms with Crippen LogP contribution in [0, 0.1) is 0 Å². The average molecular weight is 283 g/mol. The van der Waals surface area contributed by atoms with Crippen LogP contribution in [0.1, 0.15) is 0 Å². The second-order valence-electron chi connectivity index (χ2n) is 3.19. The van der Waals surface area contributed by atoms with Crippen molar-refractivity contribution in [3.05, 3.63) is 22.8 Å². The van der Waals surface area contributed by atoms with Gasteiger partial charge in [0.2, 0.25) is 5.82 Å². The summed E-state index contributed by atoms with van der Waals surface area (Å²) < 4.78 is 2.66. The lowest BCUT2D eigenvalue weighted by molar-refractivity contribution is 0.569. The molecule has 1 N–H and O–H groups in total. The van der Waals surface area contributed by atoms with Gasteiger partial charge in [0.1, 0.15) is 5.69 Å². The molecule has 0 amide bonds. The number of halogens is 1. The summed E-state index contributed by atoms with van der Waals surface area (Å²) >= 11 is 3.34. The molecule has 0 aliphatic rings. The van der Waals surface area contributed by atoms with Crippen LogP contribution in [0.15, 0.2) is 22.8 Å². The summed E-state index contributed by atoms with van der Waals surface area (Å²) in [5.41, 5.74) is 0.768. The van der Waals surface area contributed by atoms with Crippen LogP contribution in [0.4, 0.5) is 0 Å². The van der Waals surface area contributed by atoms with Gasteiger partial charge < -0.3 is 5.32 Å². The van der Waals surface area contributed by atoms with E-state index >= 15 is 0 Å². The molecule has 2 aromatic rings. The Morgan fingerprint density at radius 2 is 2.31 bits per heavy atom. The van der Waals surface area contributed by atoms with Crippen molar-refractivity contribution in [2.75, 3.05) is 13.6 Å². The standard InChI is InChI=1S/C9H11BrN6/c1-11-4-5-16-9(13-14-15-16)8-3-2-7(10)6-12-8/h2-3,6,11H,4-5H2,1H3. The molecule has 0 unspecified atom stereocenters. The van der Waals surface area contributed by atoms with E-state index in [0.717, 1.165) is 23.3 Å². The van der Waals surface area contributed by atoms with Crippen LogP contribution < -0.4 is 5.32 Å². The summed E-state index contributed by atoms with van der Waals surface area (Å²) in [6, 6.07) is 3.80. The van der Waals surface area contributed by atoms with Crippen molar-refractivity contribution >= 4 is 15.9 Å². The van der Waals surface area contributed by atoms with E-state index in [0.29, 0.717) is 5.82 Å². The Labute approximate surface area is 101 Å². The Morgan fingerprint density at radius 3 is 3.00 bits per heavy atom. The molecule has 16 heavy (non-hydrogen) atoms. The van der Waals surface area contributed by atoms with Crippen molar-refractivity contribution in [2.45, 2.75) is 6.54 Å². The SMILES string of the molecule is CNCCn1nnnc1-c1ccc(Br)cn1. The minimum absolute atomic E-state index is 0.683. The van der Waals surface area contributed by atoms with Crippen LogP contribution in [0.25, 0.3) is 11.5 Å². The third-order valence-electron chi connectivity index (χ3n) is 2.06. The molecule has 0 aliphatic carbocycles. The lowest BCUT2D eigenvalue weighted by Gasteiger charge is -2.03. The fourth-order valence-corrected chi connectivity index (χ4v) is 1.50. The molecule has 0 saturated heterocycles. The second-order valence-corrected chi connectivity index (χ2v) is 4.11. The first-order valence-electron chi connectivity index (χ1n) is 4.84. The average Bonchev–Trinajstić information content (AvgIpc) is 2.75. The third-order valence-corrected chi connectivity index (χ3v) is 2.53. The van der Waals surface area contributed by atoms with Crippen LogP contribution in [0.5, 0.6) is 0 Å². The van der Waals surface area contributed by atoms with Crippen molar-refractivity contribution in [2.24, 2.45) is 0 Å². The molecule has 7 heteroatoms. The number of tetrazole rings is 1. The number of rotatable bonds is 4. The molecule has 6 nitrogen and oxygen atoms in total. The molecule has 0 atom stereocenters. The fourth-order valence-electron chi connectivity index (χ4n) is 1.26. The van der Waals surface area contributed by atoms with E-state index < -0.39 is 0 Å². The van der Waals surface area contributed by atoms with Crippen LogP contribution in [-0.2, 0) is 6.54 Å². The van der Waals surface area contributed by atoms with E-state index in [-0.39, 0.29) is 0 Å². The summed E-state index contributed by atoms with van der Waals surface area (Å²) in [7, 11) is 1.89. The van der Waals surface area contributed by atoms with Crippen LogP contribution in [-0.4, -0.2) is 38.8 Å². The number of nitrogens with one attached hydrogen (secondary N) is 1. The first kappa shape index (κ1) is 11.2. The monoisotopic (exact) mass is 282 g/mol. The molecule has 2 aromatic heterocycles. The molecule has 0 radical (unpaired) electrons. The van der Waals surface area contributed by atoms with Crippen molar-refractivity contribution in [1.82, 2.24) is 30.5 Å². The van der Waals surface area contributed by atoms with Gasteiger partial charge in [-0.15, -0.1) is 5.10 Å². The lowest BCUT2D eigenvalue weighted by atomic mass is 10.3. The minimum atomic E-state index is 0.683. The molecule has 84 valence electrons. The largest absolute Gasteiger partial charge is 0.318 e.